The summed E-state index contributed by atoms with van der Waals surface area (Å²) in [6.45, 7) is 12.3. The predicted octanol–water partition coefficient (Wildman–Crippen LogP) is 2.44. The van der Waals surface area contributed by atoms with Crippen LogP contribution in [0.25, 0.3) is 0 Å². The Morgan fingerprint density at radius 3 is 1.71 bits per heavy atom. The highest BCUT2D eigenvalue weighted by Crippen LogP contribution is 2.45. The van der Waals surface area contributed by atoms with Crippen molar-refractivity contribution in [2.75, 3.05) is 6.61 Å². The van der Waals surface area contributed by atoms with Crippen LogP contribution in [0.15, 0.2) is 0 Å². The minimum atomic E-state index is -0.404. The van der Waals surface area contributed by atoms with Crippen molar-refractivity contribution in [3.63, 3.8) is 0 Å². The van der Waals surface area contributed by atoms with Crippen LogP contribution in [0.5, 0.6) is 0 Å². The van der Waals surface area contributed by atoms with Gasteiger partial charge < -0.3 is 10.2 Å². The van der Waals surface area contributed by atoms with Crippen molar-refractivity contribution in [3.8, 4) is 0 Å². The van der Waals surface area contributed by atoms with Crippen LogP contribution in [-0.4, -0.2) is 22.9 Å². The highest BCUT2D eigenvalue weighted by atomic mass is 16.3. The maximum Gasteiger partial charge on any atom is 0.0569 e. The zero-order valence-corrected chi connectivity index (χ0v) is 10.5. The zero-order valence-electron chi connectivity index (χ0n) is 10.5. The van der Waals surface area contributed by atoms with Gasteiger partial charge in [0.25, 0.3) is 0 Å². The Balaban J connectivity index is 4.83. The second-order valence-electron chi connectivity index (χ2n) is 5.71. The van der Waals surface area contributed by atoms with Crippen molar-refractivity contribution in [2.24, 2.45) is 16.7 Å². The van der Waals surface area contributed by atoms with Gasteiger partial charge in [-0.2, -0.15) is 0 Å². The van der Waals surface area contributed by atoms with E-state index < -0.39 is 6.10 Å². The molecule has 14 heavy (non-hydrogen) atoms. The highest BCUT2D eigenvalue weighted by Gasteiger charge is 2.43. The highest BCUT2D eigenvalue weighted by molar-refractivity contribution is 4.92. The summed E-state index contributed by atoms with van der Waals surface area (Å²) in [7, 11) is 0. The first kappa shape index (κ1) is 13.9. The number of hydrogen-bond donors (Lipinski definition) is 2. The smallest absolute Gasteiger partial charge is 0.0569 e. The van der Waals surface area contributed by atoms with E-state index in [0.717, 1.165) is 6.42 Å². The molecule has 2 nitrogen and oxygen atoms in total. The number of aliphatic hydroxyl groups is 2. The van der Waals surface area contributed by atoms with Crippen molar-refractivity contribution in [3.05, 3.63) is 0 Å². The molecule has 0 fully saturated rings. The Kier molecular flexibility index (Phi) is 4.60. The maximum atomic E-state index is 9.75. The topological polar surface area (TPSA) is 40.5 Å². The second kappa shape index (κ2) is 4.63. The summed E-state index contributed by atoms with van der Waals surface area (Å²) in [5.41, 5.74) is -0.471. The molecule has 86 valence electrons. The summed E-state index contributed by atoms with van der Waals surface area (Å²) >= 11 is 0. The number of rotatable bonds is 5. The minimum absolute atomic E-state index is 0.128. The molecule has 0 aliphatic heterocycles. The first-order chi connectivity index (χ1) is 6.17. The van der Waals surface area contributed by atoms with Gasteiger partial charge in [0.2, 0.25) is 0 Å². The normalized spacial score (nSPS) is 19.5. The van der Waals surface area contributed by atoms with E-state index in [9.17, 15) is 10.2 Å². The zero-order chi connectivity index (χ0) is 11.6. The van der Waals surface area contributed by atoms with Gasteiger partial charge in [-0.15, -0.1) is 0 Å². The molecule has 0 radical (unpaired) electrons. The summed E-state index contributed by atoms with van der Waals surface area (Å²) in [5.74, 6) is 0.533. The lowest BCUT2D eigenvalue weighted by Gasteiger charge is -2.46. The Hall–Kier alpha value is -0.0800. The Morgan fingerprint density at radius 2 is 1.50 bits per heavy atom. The average molecular weight is 202 g/mol. The van der Waals surface area contributed by atoms with E-state index in [0.29, 0.717) is 5.92 Å². The van der Waals surface area contributed by atoms with Gasteiger partial charge in [-0.05, 0) is 30.1 Å². The van der Waals surface area contributed by atoms with E-state index in [1.54, 1.807) is 6.92 Å². The van der Waals surface area contributed by atoms with E-state index >= 15 is 0 Å². The monoisotopic (exact) mass is 202 g/mol. The quantitative estimate of drug-likeness (QED) is 0.719. The van der Waals surface area contributed by atoms with E-state index in [-0.39, 0.29) is 17.4 Å². The number of hydrogen-bond acceptors (Lipinski definition) is 2. The van der Waals surface area contributed by atoms with Gasteiger partial charge >= 0.3 is 0 Å². The fourth-order valence-electron chi connectivity index (χ4n) is 1.94. The SMILES string of the molecule is CC(C)CC(C)(CO)C(C)(C)C(C)O. The van der Waals surface area contributed by atoms with Crippen LogP contribution < -0.4 is 0 Å². The van der Waals surface area contributed by atoms with Crippen LogP contribution >= 0.6 is 0 Å². The van der Waals surface area contributed by atoms with Gasteiger partial charge in [0.1, 0.15) is 0 Å². The van der Waals surface area contributed by atoms with Crippen molar-refractivity contribution >= 4 is 0 Å². The van der Waals surface area contributed by atoms with Gasteiger partial charge in [0, 0.05) is 6.61 Å². The average Bonchev–Trinajstić information content (AvgIpc) is 2.02. The van der Waals surface area contributed by atoms with Gasteiger partial charge in [-0.1, -0.05) is 34.6 Å². The largest absolute Gasteiger partial charge is 0.396 e. The van der Waals surface area contributed by atoms with Crippen LogP contribution in [0.4, 0.5) is 0 Å². The fourth-order valence-corrected chi connectivity index (χ4v) is 1.94. The molecule has 2 atom stereocenters. The van der Waals surface area contributed by atoms with E-state index in [4.69, 9.17) is 0 Å². The van der Waals surface area contributed by atoms with Gasteiger partial charge in [-0.25, -0.2) is 0 Å². The van der Waals surface area contributed by atoms with E-state index in [1.807, 2.05) is 13.8 Å². The van der Waals surface area contributed by atoms with Gasteiger partial charge in [0.15, 0.2) is 0 Å². The first-order valence-electron chi connectivity index (χ1n) is 5.46. The molecule has 0 rings (SSSR count). The van der Waals surface area contributed by atoms with Crippen LogP contribution in [0.1, 0.15) is 48.0 Å². The third-order valence-electron chi connectivity index (χ3n) is 3.81. The molecule has 2 heteroatoms. The summed E-state index contributed by atoms with van der Waals surface area (Å²) < 4.78 is 0. The van der Waals surface area contributed by atoms with E-state index in [1.165, 1.54) is 0 Å². The molecule has 0 aliphatic carbocycles. The molecule has 0 aromatic heterocycles. The molecule has 0 aromatic carbocycles. The maximum absolute atomic E-state index is 9.75. The van der Waals surface area contributed by atoms with Crippen molar-refractivity contribution in [1.29, 1.82) is 0 Å². The van der Waals surface area contributed by atoms with Crippen molar-refractivity contribution in [1.82, 2.24) is 0 Å². The summed E-state index contributed by atoms with van der Waals surface area (Å²) in [4.78, 5) is 0. The summed E-state index contributed by atoms with van der Waals surface area (Å²) in [6.07, 6.45) is 0.528. The number of aliphatic hydroxyl groups excluding tert-OH is 2. The molecule has 0 spiro atoms. The first-order valence-corrected chi connectivity index (χ1v) is 5.46. The molecule has 0 saturated carbocycles. The van der Waals surface area contributed by atoms with E-state index in [2.05, 4.69) is 20.8 Å². The molecule has 0 saturated heterocycles. The van der Waals surface area contributed by atoms with Crippen LogP contribution in [-0.2, 0) is 0 Å². The molecule has 0 amide bonds. The standard InChI is InChI=1S/C12H26O2/c1-9(2)7-12(6,8-13)11(4,5)10(3)14/h9-10,13-14H,7-8H2,1-6H3. The lowest BCUT2D eigenvalue weighted by atomic mass is 9.61. The van der Waals surface area contributed by atoms with Crippen molar-refractivity contribution < 1.29 is 10.2 Å². The van der Waals surface area contributed by atoms with Gasteiger partial charge in [0.05, 0.1) is 6.10 Å². The predicted molar refractivity (Wildman–Crippen MR) is 60.1 cm³/mol. The van der Waals surface area contributed by atoms with Gasteiger partial charge in [-0.3, -0.25) is 0 Å². The van der Waals surface area contributed by atoms with Crippen LogP contribution in [0.3, 0.4) is 0 Å². The Bertz CT molecular complexity index is 173. The Morgan fingerprint density at radius 1 is 1.07 bits per heavy atom. The molecule has 0 aliphatic rings. The third-order valence-corrected chi connectivity index (χ3v) is 3.81. The van der Waals surface area contributed by atoms with Crippen molar-refractivity contribution in [2.45, 2.75) is 54.1 Å². The Labute approximate surface area is 88.3 Å². The van der Waals surface area contributed by atoms with Crippen LogP contribution in [0.2, 0.25) is 0 Å². The molecular weight excluding hydrogens is 176 g/mol. The molecule has 0 heterocycles. The van der Waals surface area contributed by atoms with Crippen LogP contribution in [0, 0.1) is 16.7 Å². The molecule has 0 bridgehead atoms. The molecule has 2 unspecified atom stereocenters. The fraction of sp³-hybridized carbons (Fsp3) is 1.00. The molecular formula is C12H26O2. The third kappa shape index (κ3) is 2.71. The summed E-state index contributed by atoms with van der Waals surface area (Å²) in [6, 6.07) is 0. The second-order valence-corrected chi connectivity index (χ2v) is 5.71. The lowest BCUT2D eigenvalue weighted by Crippen LogP contribution is -2.46. The molecule has 2 N–H and O–H groups in total. The lowest BCUT2D eigenvalue weighted by molar-refractivity contribution is -0.0733. The minimum Gasteiger partial charge on any atom is -0.396 e. The molecule has 0 aromatic rings. The summed E-state index contributed by atoms with van der Waals surface area (Å²) in [5, 5.41) is 19.3.